The smallest absolute Gasteiger partial charge is 0.294 e. The molecule has 0 spiro atoms. The maximum Gasteiger partial charge on any atom is 0.294 e. The van der Waals surface area contributed by atoms with Crippen LogP contribution in [0.5, 0.6) is 0 Å². The molecule has 48 heavy (non-hydrogen) atoms. The van der Waals surface area contributed by atoms with Gasteiger partial charge in [0.15, 0.2) is 0 Å². The van der Waals surface area contributed by atoms with Crippen LogP contribution in [0.1, 0.15) is 33.6 Å². The molecule has 2 aromatic heterocycles. The van der Waals surface area contributed by atoms with Crippen molar-refractivity contribution in [3.63, 3.8) is 0 Å². The van der Waals surface area contributed by atoms with E-state index in [-0.39, 0.29) is 23.5 Å². The fraction of sp³-hybridized carbons (Fsp3) is 0.114. The Balaban J connectivity index is 1.19. The molecule has 0 radical (unpaired) electrons. The van der Waals surface area contributed by atoms with Crippen molar-refractivity contribution < 1.29 is 17.8 Å². The van der Waals surface area contributed by atoms with E-state index in [1.807, 2.05) is 24.3 Å². The first kappa shape index (κ1) is 31.3. The molecule has 2 aliphatic carbocycles. The zero-order valence-corrected chi connectivity index (χ0v) is 28.6. The van der Waals surface area contributed by atoms with Gasteiger partial charge in [-0.1, -0.05) is 76.7 Å². The minimum Gasteiger partial charge on any atom is -0.299 e. The summed E-state index contributed by atoms with van der Waals surface area (Å²) in [4.78, 5) is 13.7. The predicted molar refractivity (Wildman–Crippen MR) is 186 cm³/mol. The molecule has 8 rings (SSSR count). The summed E-state index contributed by atoms with van der Waals surface area (Å²) in [5.74, 6) is -0.107. The maximum absolute atomic E-state index is 13.9. The Hall–Kier alpha value is -3.96. The number of fused-ring (bicyclic) bond motifs is 6. The lowest BCUT2D eigenvalue weighted by molar-refractivity contribution is -0.117. The molecule has 0 saturated carbocycles. The van der Waals surface area contributed by atoms with E-state index in [2.05, 4.69) is 6.07 Å². The molecule has 0 bridgehead atoms. The highest BCUT2D eigenvalue weighted by atomic mass is 35.5. The molecule has 0 saturated heterocycles. The number of hydrogen-bond acceptors (Lipinski definition) is 5. The summed E-state index contributed by atoms with van der Waals surface area (Å²) in [6, 6.07) is 22.7. The lowest BCUT2D eigenvalue weighted by atomic mass is 10.0. The van der Waals surface area contributed by atoms with E-state index >= 15 is 0 Å². The Morgan fingerprint density at radius 1 is 0.688 bits per heavy atom. The fourth-order valence-corrected chi connectivity index (χ4v) is 8.15. The summed E-state index contributed by atoms with van der Waals surface area (Å²) in [5, 5.41) is 11.5. The van der Waals surface area contributed by atoms with Crippen LogP contribution in [0.3, 0.4) is 0 Å². The molecular formula is C35H22Cl4N4O4S. The molecule has 1 N–H and O–H groups in total. The topological polar surface area (TPSA) is 107 Å². The first-order valence-electron chi connectivity index (χ1n) is 14.8. The molecule has 0 amide bonds. The monoisotopic (exact) mass is 734 g/mol. The van der Waals surface area contributed by atoms with Gasteiger partial charge >= 0.3 is 0 Å². The van der Waals surface area contributed by atoms with Crippen LogP contribution in [0.25, 0.3) is 33.9 Å². The second kappa shape index (κ2) is 11.6. The SMILES string of the molecule is O=C(Cc1nn(-c2ccc(Cl)cc2Cl)c2c1Cc1ccccc1-2)Cc1nn(-c2ccc(Cl)cc2Cl)c2c1Cc1ccc(S(=O)(=O)O)cc1-2. The lowest BCUT2D eigenvalue weighted by Crippen LogP contribution is -2.11. The highest BCUT2D eigenvalue weighted by Crippen LogP contribution is 2.44. The number of ketones is 1. The zero-order chi connectivity index (χ0) is 33.5. The van der Waals surface area contributed by atoms with Crippen molar-refractivity contribution in [3.05, 3.63) is 133 Å². The summed E-state index contributed by atoms with van der Waals surface area (Å²) in [7, 11) is -4.46. The number of hydrogen-bond donors (Lipinski definition) is 1. The molecule has 0 atom stereocenters. The second-order valence-corrected chi connectivity index (χ2v) is 14.9. The highest BCUT2D eigenvalue weighted by molar-refractivity contribution is 7.85. The van der Waals surface area contributed by atoms with Gasteiger partial charge in [0.1, 0.15) is 5.78 Å². The quantitative estimate of drug-likeness (QED) is 0.165. The normalized spacial score (nSPS) is 12.9. The Kier molecular flexibility index (Phi) is 7.56. The van der Waals surface area contributed by atoms with E-state index in [0.29, 0.717) is 67.0 Å². The van der Waals surface area contributed by atoms with Crippen LogP contribution in [-0.2, 0) is 40.6 Å². The molecule has 4 aromatic carbocycles. The van der Waals surface area contributed by atoms with Gasteiger partial charge in [-0.2, -0.15) is 18.6 Å². The maximum atomic E-state index is 13.9. The third-order valence-electron chi connectivity index (χ3n) is 8.78. The van der Waals surface area contributed by atoms with E-state index in [1.165, 1.54) is 12.1 Å². The van der Waals surface area contributed by atoms with Crippen molar-refractivity contribution in [2.24, 2.45) is 0 Å². The van der Waals surface area contributed by atoms with E-state index in [1.54, 1.807) is 45.8 Å². The molecular weight excluding hydrogens is 714 g/mol. The van der Waals surface area contributed by atoms with Gasteiger partial charge in [-0.15, -0.1) is 0 Å². The Labute approximate surface area is 295 Å². The Morgan fingerprint density at radius 2 is 1.21 bits per heavy atom. The minimum atomic E-state index is -4.46. The lowest BCUT2D eigenvalue weighted by Gasteiger charge is -2.10. The second-order valence-electron chi connectivity index (χ2n) is 11.8. The number of rotatable bonds is 7. The van der Waals surface area contributed by atoms with Crippen molar-refractivity contribution in [1.82, 2.24) is 19.6 Å². The predicted octanol–water partition coefficient (Wildman–Crippen LogP) is 8.42. The third-order valence-corrected chi connectivity index (χ3v) is 10.7. The van der Waals surface area contributed by atoms with Crippen LogP contribution in [0.4, 0.5) is 0 Å². The molecule has 0 fully saturated rings. The van der Waals surface area contributed by atoms with Crippen LogP contribution >= 0.6 is 46.4 Å². The van der Waals surface area contributed by atoms with Crippen molar-refractivity contribution >= 4 is 62.3 Å². The van der Waals surface area contributed by atoms with E-state index < -0.39 is 10.1 Å². The number of carbonyl (C=O) groups is 1. The summed E-state index contributed by atoms with van der Waals surface area (Å²) < 4.78 is 37.2. The van der Waals surface area contributed by atoms with Crippen LogP contribution in [-0.4, -0.2) is 38.3 Å². The molecule has 13 heteroatoms. The van der Waals surface area contributed by atoms with Crippen molar-refractivity contribution in [2.45, 2.75) is 30.6 Å². The van der Waals surface area contributed by atoms with Gasteiger partial charge < -0.3 is 0 Å². The Morgan fingerprint density at radius 3 is 1.75 bits per heavy atom. The van der Waals surface area contributed by atoms with Gasteiger partial charge in [0.25, 0.3) is 10.1 Å². The van der Waals surface area contributed by atoms with Crippen molar-refractivity contribution in [1.29, 1.82) is 0 Å². The van der Waals surface area contributed by atoms with Gasteiger partial charge in [0.05, 0.1) is 61.9 Å². The standard InChI is InChI=1S/C35H22Cl4N4O4S/c36-20-6-9-32(28(38)13-20)42-34-24-4-2-1-3-18(24)11-26(34)30(40-42)15-22(44)16-31-27-12-19-5-8-23(48(45,46)47)17-25(19)35(27)43(41-31)33-10-7-21(37)14-29(33)39/h1-10,13-14,17H,11-12,15-16H2,(H,45,46,47). The fourth-order valence-electron chi connectivity index (χ4n) is 6.67. The average Bonchev–Trinajstić information content (AvgIpc) is 3.77. The van der Waals surface area contributed by atoms with Crippen LogP contribution < -0.4 is 0 Å². The molecule has 8 nitrogen and oxygen atoms in total. The largest absolute Gasteiger partial charge is 0.299 e. The number of nitrogens with zero attached hydrogens (tertiary/aromatic N) is 4. The minimum absolute atomic E-state index is 0.00400. The molecule has 0 unspecified atom stereocenters. The van der Waals surface area contributed by atoms with E-state index in [9.17, 15) is 17.8 Å². The van der Waals surface area contributed by atoms with Crippen LogP contribution in [0.2, 0.25) is 20.1 Å². The van der Waals surface area contributed by atoms with Gasteiger partial charge in [-0.05, 0) is 59.7 Å². The van der Waals surface area contributed by atoms with E-state index in [4.69, 9.17) is 56.6 Å². The van der Waals surface area contributed by atoms with Gasteiger partial charge in [0.2, 0.25) is 0 Å². The number of carbonyl (C=O) groups excluding carboxylic acids is 1. The summed E-state index contributed by atoms with van der Waals surface area (Å²) in [6.07, 6.45) is 1.09. The third kappa shape index (κ3) is 5.26. The number of Topliss-reactive ketones (excluding diaryl/α,β-unsaturated/α-hetero) is 1. The molecule has 2 aliphatic rings. The average molecular weight is 736 g/mol. The molecule has 6 aromatic rings. The first-order valence-corrected chi connectivity index (χ1v) is 17.7. The summed E-state index contributed by atoms with van der Waals surface area (Å²) in [5.41, 5.74) is 9.15. The van der Waals surface area contributed by atoms with E-state index in [0.717, 1.165) is 33.5 Å². The number of halogens is 4. The summed E-state index contributed by atoms with van der Waals surface area (Å²) in [6.45, 7) is 0. The van der Waals surface area contributed by atoms with Crippen molar-refractivity contribution in [2.75, 3.05) is 0 Å². The first-order chi connectivity index (χ1) is 23.0. The van der Waals surface area contributed by atoms with Gasteiger partial charge in [-0.3, -0.25) is 9.35 Å². The van der Waals surface area contributed by atoms with Crippen LogP contribution in [0.15, 0.2) is 83.8 Å². The zero-order valence-electron chi connectivity index (χ0n) is 24.7. The molecule has 0 aliphatic heterocycles. The van der Waals surface area contributed by atoms with Gasteiger partial charge in [0, 0.05) is 45.1 Å². The Bertz CT molecular complexity index is 2470. The molecule has 240 valence electrons. The molecule has 2 heterocycles. The van der Waals surface area contributed by atoms with Crippen molar-refractivity contribution in [3.8, 4) is 33.9 Å². The summed E-state index contributed by atoms with van der Waals surface area (Å²) >= 11 is 25.6. The number of aromatic nitrogens is 4. The van der Waals surface area contributed by atoms with Crippen LogP contribution in [0, 0.1) is 0 Å². The van der Waals surface area contributed by atoms with Gasteiger partial charge in [-0.25, -0.2) is 9.36 Å². The highest BCUT2D eigenvalue weighted by Gasteiger charge is 2.33. The number of benzene rings is 4.